The first-order valence-corrected chi connectivity index (χ1v) is 8.32. The van der Waals surface area contributed by atoms with E-state index in [1.165, 1.54) is 5.56 Å². The maximum Gasteiger partial charge on any atom is 0.240 e. The fourth-order valence-electron chi connectivity index (χ4n) is 2.51. The lowest BCUT2D eigenvalue weighted by atomic mass is 10.1. The molecular weight excluding hydrogens is 262 g/mol. The van der Waals surface area contributed by atoms with E-state index < -0.39 is 0 Å². The van der Waals surface area contributed by atoms with Crippen LogP contribution >= 0.6 is 0 Å². The highest BCUT2D eigenvalue weighted by atomic mass is 16.2. The summed E-state index contributed by atoms with van der Waals surface area (Å²) in [7, 11) is 0. The molecule has 1 heterocycles. The maximum absolute atomic E-state index is 12.0. The number of carbonyl (C=O) groups is 1. The molecule has 1 amide bonds. The zero-order chi connectivity index (χ0) is 15.7. The summed E-state index contributed by atoms with van der Waals surface area (Å²) in [6.07, 6.45) is 8.25. The zero-order valence-corrected chi connectivity index (χ0v) is 14.0. The van der Waals surface area contributed by atoms with E-state index >= 15 is 0 Å². The molecule has 0 fully saturated rings. The van der Waals surface area contributed by atoms with Crippen LogP contribution < -0.4 is 10.6 Å². The predicted molar refractivity (Wildman–Crippen MR) is 88.3 cm³/mol. The Morgan fingerprint density at radius 1 is 1.19 bits per heavy atom. The van der Waals surface area contributed by atoms with E-state index in [4.69, 9.17) is 0 Å². The van der Waals surface area contributed by atoms with Crippen molar-refractivity contribution in [3.8, 4) is 0 Å². The van der Waals surface area contributed by atoms with Crippen molar-refractivity contribution in [2.45, 2.75) is 72.0 Å². The van der Waals surface area contributed by atoms with Gasteiger partial charge in [-0.3, -0.25) is 4.79 Å². The minimum Gasteiger partial charge on any atom is -0.352 e. The van der Waals surface area contributed by atoms with Gasteiger partial charge in [0.05, 0.1) is 0 Å². The normalized spacial score (nSPS) is 12.6. The highest BCUT2D eigenvalue weighted by Gasteiger charge is 2.12. The van der Waals surface area contributed by atoms with Crippen LogP contribution in [-0.2, 0) is 11.3 Å². The summed E-state index contributed by atoms with van der Waals surface area (Å²) in [5.74, 6) is 0.0976. The number of hydrogen-bond acceptors (Lipinski definition) is 2. The summed E-state index contributed by atoms with van der Waals surface area (Å²) in [6.45, 7) is 10.00. The standard InChI is InChI=1S/C17H31N3O/c1-5-10-18-16(8-4)14-9-11-20(12-14)13-17(21)19-15(6-2)7-3/h9,11-12,15-16,18H,5-8,10,13H2,1-4H3,(H,19,21). The molecule has 4 nitrogen and oxygen atoms in total. The third-order valence-corrected chi connectivity index (χ3v) is 3.90. The number of carbonyl (C=O) groups excluding carboxylic acids is 1. The smallest absolute Gasteiger partial charge is 0.240 e. The molecule has 0 aromatic carbocycles. The summed E-state index contributed by atoms with van der Waals surface area (Å²) < 4.78 is 1.98. The molecule has 0 aliphatic carbocycles. The van der Waals surface area contributed by atoms with Crippen LogP contribution in [0.2, 0.25) is 0 Å². The maximum atomic E-state index is 12.0. The van der Waals surface area contributed by atoms with Crippen molar-refractivity contribution in [1.82, 2.24) is 15.2 Å². The van der Waals surface area contributed by atoms with Crippen molar-refractivity contribution in [3.05, 3.63) is 24.0 Å². The fourth-order valence-corrected chi connectivity index (χ4v) is 2.51. The Hall–Kier alpha value is -1.29. The molecule has 0 aliphatic heterocycles. The van der Waals surface area contributed by atoms with Crippen LogP contribution in [0.25, 0.3) is 0 Å². The molecule has 1 aromatic heterocycles. The lowest BCUT2D eigenvalue weighted by Crippen LogP contribution is -2.36. The van der Waals surface area contributed by atoms with Crippen LogP contribution in [0.15, 0.2) is 18.5 Å². The van der Waals surface area contributed by atoms with Gasteiger partial charge in [0.25, 0.3) is 0 Å². The van der Waals surface area contributed by atoms with Crippen molar-refractivity contribution in [2.75, 3.05) is 6.54 Å². The molecule has 0 bridgehead atoms. The second-order valence-electron chi connectivity index (χ2n) is 5.61. The Kier molecular flexibility index (Phi) is 8.13. The van der Waals surface area contributed by atoms with Gasteiger partial charge in [0, 0.05) is 24.5 Å². The van der Waals surface area contributed by atoms with Gasteiger partial charge in [-0.05, 0) is 43.9 Å². The Morgan fingerprint density at radius 3 is 2.48 bits per heavy atom. The molecule has 0 saturated heterocycles. The Bertz CT molecular complexity index is 410. The van der Waals surface area contributed by atoms with Gasteiger partial charge >= 0.3 is 0 Å². The van der Waals surface area contributed by atoms with Crippen molar-refractivity contribution in [1.29, 1.82) is 0 Å². The molecule has 1 unspecified atom stereocenters. The molecule has 4 heteroatoms. The second kappa shape index (κ2) is 9.61. The van der Waals surface area contributed by atoms with E-state index in [0.29, 0.717) is 18.6 Å². The Balaban J connectivity index is 2.56. The molecule has 2 N–H and O–H groups in total. The van der Waals surface area contributed by atoms with Crippen LogP contribution in [0.5, 0.6) is 0 Å². The van der Waals surface area contributed by atoms with Gasteiger partial charge in [0.15, 0.2) is 0 Å². The molecule has 0 spiro atoms. The summed E-state index contributed by atoms with van der Waals surface area (Å²) >= 11 is 0. The Morgan fingerprint density at radius 2 is 1.90 bits per heavy atom. The van der Waals surface area contributed by atoms with Gasteiger partial charge in [-0.2, -0.15) is 0 Å². The number of nitrogens with one attached hydrogen (secondary N) is 2. The molecule has 1 rings (SSSR count). The van der Waals surface area contributed by atoms with Crippen LogP contribution in [0.3, 0.4) is 0 Å². The Labute approximate surface area is 129 Å². The lowest BCUT2D eigenvalue weighted by molar-refractivity contribution is -0.122. The second-order valence-corrected chi connectivity index (χ2v) is 5.61. The number of aromatic nitrogens is 1. The minimum atomic E-state index is 0.0976. The van der Waals surface area contributed by atoms with Crippen LogP contribution in [-0.4, -0.2) is 23.1 Å². The third-order valence-electron chi connectivity index (χ3n) is 3.90. The first-order chi connectivity index (χ1) is 10.1. The molecule has 21 heavy (non-hydrogen) atoms. The van der Waals surface area contributed by atoms with Crippen molar-refractivity contribution in [2.24, 2.45) is 0 Å². The van der Waals surface area contributed by atoms with Gasteiger partial charge < -0.3 is 15.2 Å². The summed E-state index contributed by atoms with van der Waals surface area (Å²) in [5.41, 5.74) is 1.27. The molecule has 1 aromatic rings. The van der Waals surface area contributed by atoms with Crippen molar-refractivity contribution < 1.29 is 4.79 Å². The number of rotatable bonds is 10. The molecule has 1 atom stereocenters. The summed E-state index contributed by atoms with van der Waals surface area (Å²) in [4.78, 5) is 12.0. The van der Waals surface area contributed by atoms with E-state index in [0.717, 1.165) is 32.2 Å². The monoisotopic (exact) mass is 293 g/mol. The number of amides is 1. The fraction of sp³-hybridized carbons (Fsp3) is 0.706. The number of hydrogen-bond donors (Lipinski definition) is 2. The average molecular weight is 293 g/mol. The van der Waals surface area contributed by atoms with E-state index in [9.17, 15) is 4.79 Å². The summed E-state index contributed by atoms with van der Waals surface area (Å²) in [5, 5.41) is 6.61. The SMILES string of the molecule is CCCNC(CC)c1ccn(CC(=O)NC(CC)CC)c1. The molecule has 0 aliphatic rings. The highest BCUT2D eigenvalue weighted by Crippen LogP contribution is 2.16. The first kappa shape index (κ1) is 17.8. The van der Waals surface area contributed by atoms with Gasteiger partial charge in [-0.1, -0.05) is 27.7 Å². The van der Waals surface area contributed by atoms with Crippen LogP contribution in [0.4, 0.5) is 0 Å². The quantitative estimate of drug-likeness (QED) is 0.695. The van der Waals surface area contributed by atoms with E-state index in [2.05, 4.69) is 50.6 Å². The van der Waals surface area contributed by atoms with Gasteiger partial charge in [0.2, 0.25) is 5.91 Å². The van der Waals surface area contributed by atoms with Crippen LogP contribution in [0, 0.1) is 0 Å². The molecule has 0 saturated carbocycles. The topological polar surface area (TPSA) is 46.1 Å². The summed E-state index contributed by atoms with van der Waals surface area (Å²) in [6, 6.07) is 2.79. The van der Waals surface area contributed by atoms with Crippen molar-refractivity contribution in [3.63, 3.8) is 0 Å². The predicted octanol–water partition coefficient (Wildman–Crippen LogP) is 3.24. The zero-order valence-electron chi connectivity index (χ0n) is 14.0. The third kappa shape index (κ3) is 5.92. The van der Waals surface area contributed by atoms with E-state index in [1.54, 1.807) is 0 Å². The molecular formula is C17H31N3O. The van der Waals surface area contributed by atoms with Gasteiger partial charge in [-0.25, -0.2) is 0 Å². The molecule has 0 radical (unpaired) electrons. The number of nitrogens with zero attached hydrogens (tertiary/aromatic N) is 1. The van der Waals surface area contributed by atoms with Gasteiger partial charge in [-0.15, -0.1) is 0 Å². The van der Waals surface area contributed by atoms with E-state index in [1.807, 2.05) is 10.8 Å². The minimum absolute atomic E-state index is 0.0976. The van der Waals surface area contributed by atoms with E-state index in [-0.39, 0.29) is 5.91 Å². The largest absolute Gasteiger partial charge is 0.352 e. The highest BCUT2D eigenvalue weighted by molar-refractivity contribution is 5.76. The first-order valence-electron chi connectivity index (χ1n) is 8.32. The van der Waals surface area contributed by atoms with Crippen LogP contribution in [0.1, 0.15) is 65.0 Å². The van der Waals surface area contributed by atoms with Crippen molar-refractivity contribution >= 4 is 5.91 Å². The van der Waals surface area contributed by atoms with Gasteiger partial charge in [0.1, 0.15) is 6.54 Å². The molecule has 120 valence electrons. The average Bonchev–Trinajstić information content (AvgIpc) is 2.93. The lowest BCUT2D eigenvalue weighted by Gasteiger charge is -2.16.